The molecule has 2 heterocycles. The number of benzene rings is 2. The summed E-state index contributed by atoms with van der Waals surface area (Å²) in [5.74, 6) is 3.08. The molecule has 0 aliphatic carbocycles. The standard InChI is InChI=1S/C23H26ClN3O4/c1-28-19-11-10-18(21(29-2)22(19)30-3)23-25-20(31-26-23)14-27-12-4-5-16(13-27)15-6-8-17(24)9-7-15/h6-11,16H,4-5,12-14H2,1-3H3. The summed E-state index contributed by atoms with van der Waals surface area (Å²) in [5.41, 5.74) is 2.00. The Kier molecular flexibility index (Phi) is 6.63. The Balaban J connectivity index is 1.50. The van der Waals surface area contributed by atoms with E-state index in [9.17, 15) is 0 Å². The summed E-state index contributed by atoms with van der Waals surface area (Å²) in [7, 11) is 4.73. The van der Waals surface area contributed by atoms with Gasteiger partial charge in [-0.2, -0.15) is 4.98 Å². The first-order chi connectivity index (χ1) is 15.1. The highest BCUT2D eigenvalue weighted by molar-refractivity contribution is 6.30. The molecule has 0 amide bonds. The number of hydrogen-bond acceptors (Lipinski definition) is 7. The summed E-state index contributed by atoms with van der Waals surface area (Å²) in [5, 5.41) is 4.94. The molecule has 1 aliphatic rings. The number of halogens is 1. The van der Waals surface area contributed by atoms with Gasteiger partial charge in [0.2, 0.25) is 17.5 Å². The molecule has 0 N–H and O–H groups in total. The van der Waals surface area contributed by atoms with Crippen molar-refractivity contribution in [3.63, 3.8) is 0 Å². The van der Waals surface area contributed by atoms with Crippen LogP contribution in [0, 0.1) is 0 Å². The van der Waals surface area contributed by atoms with Crippen molar-refractivity contribution in [2.24, 2.45) is 0 Å². The molecule has 1 fully saturated rings. The topological polar surface area (TPSA) is 69.9 Å². The number of rotatable bonds is 7. The van der Waals surface area contributed by atoms with Crippen LogP contribution >= 0.6 is 11.6 Å². The number of aromatic nitrogens is 2. The maximum Gasteiger partial charge on any atom is 0.241 e. The fraction of sp³-hybridized carbons (Fsp3) is 0.391. The van der Waals surface area contributed by atoms with E-state index in [0.29, 0.717) is 47.0 Å². The van der Waals surface area contributed by atoms with Gasteiger partial charge in [-0.3, -0.25) is 4.90 Å². The van der Waals surface area contributed by atoms with Gasteiger partial charge in [0.1, 0.15) is 0 Å². The van der Waals surface area contributed by atoms with Crippen LogP contribution in [0.1, 0.15) is 30.2 Å². The van der Waals surface area contributed by atoms with Crippen molar-refractivity contribution in [1.29, 1.82) is 0 Å². The smallest absolute Gasteiger partial charge is 0.241 e. The Hall–Kier alpha value is -2.77. The minimum absolute atomic E-state index is 0.457. The molecular formula is C23H26ClN3O4. The highest BCUT2D eigenvalue weighted by Crippen LogP contribution is 2.43. The Morgan fingerprint density at radius 1 is 1.03 bits per heavy atom. The number of ether oxygens (including phenoxy) is 3. The van der Waals surface area contributed by atoms with Gasteiger partial charge in [-0.25, -0.2) is 0 Å². The van der Waals surface area contributed by atoms with E-state index in [1.807, 2.05) is 18.2 Å². The second-order valence-corrected chi connectivity index (χ2v) is 7.96. The van der Waals surface area contributed by atoms with Gasteiger partial charge in [-0.05, 0) is 55.1 Å². The molecule has 1 aliphatic heterocycles. The Morgan fingerprint density at radius 3 is 2.52 bits per heavy atom. The highest BCUT2D eigenvalue weighted by Gasteiger charge is 2.24. The Labute approximate surface area is 186 Å². The van der Waals surface area contributed by atoms with Crippen LogP contribution in [0.15, 0.2) is 40.9 Å². The number of nitrogens with zero attached hydrogens (tertiary/aromatic N) is 3. The maximum absolute atomic E-state index is 6.04. The summed E-state index contributed by atoms with van der Waals surface area (Å²) < 4.78 is 21.9. The first-order valence-corrected chi connectivity index (χ1v) is 10.6. The van der Waals surface area contributed by atoms with Crippen LogP contribution in [0.3, 0.4) is 0 Å². The largest absolute Gasteiger partial charge is 0.493 e. The van der Waals surface area contributed by atoms with Gasteiger partial charge < -0.3 is 18.7 Å². The molecule has 2 aromatic carbocycles. The molecule has 31 heavy (non-hydrogen) atoms. The number of methoxy groups -OCH3 is 3. The van der Waals surface area contributed by atoms with E-state index in [-0.39, 0.29) is 0 Å². The predicted octanol–water partition coefficient (Wildman–Crippen LogP) is 4.80. The molecule has 1 unspecified atom stereocenters. The molecule has 0 bridgehead atoms. The third kappa shape index (κ3) is 4.62. The van der Waals surface area contributed by atoms with E-state index in [1.54, 1.807) is 27.4 Å². The van der Waals surface area contributed by atoms with Crippen molar-refractivity contribution < 1.29 is 18.7 Å². The SMILES string of the molecule is COc1ccc(-c2noc(CN3CCCC(c4ccc(Cl)cc4)C3)n2)c(OC)c1OC. The first-order valence-electron chi connectivity index (χ1n) is 10.2. The zero-order chi connectivity index (χ0) is 21.8. The summed E-state index contributed by atoms with van der Waals surface area (Å²) in [6, 6.07) is 11.8. The van der Waals surface area contributed by atoms with Crippen molar-refractivity contribution in [1.82, 2.24) is 15.0 Å². The molecule has 8 heteroatoms. The average Bonchev–Trinajstić information content (AvgIpc) is 3.26. The molecule has 1 atom stereocenters. The van der Waals surface area contributed by atoms with E-state index in [0.717, 1.165) is 31.0 Å². The third-order valence-electron chi connectivity index (χ3n) is 5.62. The van der Waals surface area contributed by atoms with E-state index in [1.165, 1.54) is 5.56 Å². The first kappa shape index (κ1) is 21.5. The van der Waals surface area contributed by atoms with Crippen molar-refractivity contribution in [3.05, 3.63) is 52.9 Å². The van der Waals surface area contributed by atoms with Crippen LogP contribution in [0.25, 0.3) is 11.4 Å². The van der Waals surface area contributed by atoms with Gasteiger partial charge in [-0.15, -0.1) is 0 Å². The number of likely N-dealkylation sites (tertiary alicyclic amines) is 1. The lowest BCUT2D eigenvalue weighted by Gasteiger charge is -2.32. The third-order valence-corrected chi connectivity index (χ3v) is 5.87. The molecule has 1 saturated heterocycles. The quantitative estimate of drug-likeness (QED) is 0.519. The summed E-state index contributed by atoms with van der Waals surface area (Å²) >= 11 is 6.04. The molecule has 164 valence electrons. The lowest BCUT2D eigenvalue weighted by Crippen LogP contribution is -2.34. The predicted molar refractivity (Wildman–Crippen MR) is 118 cm³/mol. The molecule has 3 aromatic rings. The second-order valence-electron chi connectivity index (χ2n) is 7.52. The number of hydrogen-bond donors (Lipinski definition) is 0. The second kappa shape index (κ2) is 9.58. The molecule has 4 rings (SSSR count). The Bertz CT molecular complexity index is 1020. The Morgan fingerprint density at radius 2 is 1.81 bits per heavy atom. The van der Waals surface area contributed by atoms with Crippen molar-refractivity contribution in [3.8, 4) is 28.6 Å². The van der Waals surface area contributed by atoms with Gasteiger partial charge in [0.25, 0.3) is 0 Å². The van der Waals surface area contributed by atoms with Gasteiger partial charge in [-0.1, -0.05) is 28.9 Å². The molecule has 0 saturated carbocycles. The lowest BCUT2D eigenvalue weighted by atomic mass is 9.91. The van der Waals surface area contributed by atoms with Gasteiger partial charge in [0.05, 0.1) is 33.4 Å². The van der Waals surface area contributed by atoms with Crippen molar-refractivity contribution in [2.45, 2.75) is 25.3 Å². The van der Waals surface area contributed by atoms with Crippen LogP contribution in [-0.2, 0) is 6.54 Å². The molecule has 7 nitrogen and oxygen atoms in total. The molecular weight excluding hydrogens is 418 g/mol. The van der Waals surface area contributed by atoms with Crippen molar-refractivity contribution in [2.75, 3.05) is 34.4 Å². The summed E-state index contributed by atoms with van der Waals surface area (Å²) in [6.45, 7) is 2.55. The maximum atomic E-state index is 6.04. The van der Waals surface area contributed by atoms with Gasteiger partial charge in [0, 0.05) is 11.6 Å². The molecule has 0 radical (unpaired) electrons. The van der Waals surface area contributed by atoms with Crippen LogP contribution in [0.4, 0.5) is 0 Å². The zero-order valence-electron chi connectivity index (χ0n) is 17.9. The fourth-order valence-corrected chi connectivity index (χ4v) is 4.23. The lowest BCUT2D eigenvalue weighted by molar-refractivity contribution is 0.177. The van der Waals surface area contributed by atoms with Crippen LogP contribution in [0.5, 0.6) is 17.2 Å². The summed E-state index contributed by atoms with van der Waals surface area (Å²) in [6.07, 6.45) is 2.29. The van der Waals surface area contributed by atoms with Crippen LogP contribution in [-0.4, -0.2) is 49.5 Å². The van der Waals surface area contributed by atoms with Crippen LogP contribution < -0.4 is 14.2 Å². The van der Waals surface area contributed by atoms with E-state index < -0.39 is 0 Å². The fourth-order valence-electron chi connectivity index (χ4n) is 4.10. The van der Waals surface area contributed by atoms with Gasteiger partial charge in [0.15, 0.2) is 11.5 Å². The monoisotopic (exact) mass is 443 g/mol. The summed E-state index contributed by atoms with van der Waals surface area (Å²) in [4.78, 5) is 6.96. The minimum atomic E-state index is 0.457. The van der Waals surface area contributed by atoms with Crippen LogP contribution in [0.2, 0.25) is 5.02 Å². The molecule has 0 spiro atoms. The molecule has 1 aromatic heterocycles. The average molecular weight is 444 g/mol. The van der Waals surface area contributed by atoms with E-state index in [4.69, 9.17) is 30.3 Å². The van der Waals surface area contributed by atoms with E-state index in [2.05, 4.69) is 27.2 Å². The normalized spacial score (nSPS) is 16.8. The number of piperidine rings is 1. The van der Waals surface area contributed by atoms with E-state index >= 15 is 0 Å². The zero-order valence-corrected chi connectivity index (χ0v) is 18.7. The van der Waals surface area contributed by atoms with Gasteiger partial charge >= 0.3 is 0 Å². The highest BCUT2D eigenvalue weighted by atomic mass is 35.5. The van der Waals surface area contributed by atoms with Crippen molar-refractivity contribution >= 4 is 11.6 Å². The minimum Gasteiger partial charge on any atom is -0.493 e.